The van der Waals surface area contributed by atoms with E-state index in [4.69, 9.17) is 11.6 Å². The molecule has 0 spiro atoms. The molecule has 0 saturated carbocycles. The number of carbonyl (C=O) groups excluding carboxylic acids is 2. The lowest BCUT2D eigenvalue weighted by atomic mass is 10.1. The summed E-state index contributed by atoms with van der Waals surface area (Å²) < 4.78 is 0. The monoisotopic (exact) mass is 268 g/mol. The van der Waals surface area contributed by atoms with Gasteiger partial charge in [0.05, 0.1) is 5.92 Å². The fourth-order valence-electron chi connectivity index (χ4n) is 1.81. The van der Waals surface area contributed by atoms with Crippen molar-refractivity contribution in [2.24, 2.45) is 5.92 Å². The number of rotatable bonds is 5. The van der Waals surface area contributed by atoms with Gasteiger partial charge in [-0.25, -0.2) is 0 Å². The largest absolute Gasteiger partial charge is 0.373 e. The zero-order valence-electron chi connectivity index (χ0n) is 10.7. The normalized spacial score (nSPS) is 11.8. The van der Waals surface area contributed by atoms with E-state index in [1.165, 1.54) is 0 Å². The maximum atomic E-state index is 11.5. The van der Waals surface area contributed by atoms with E-state index in [1.807, 2.05) is 18.9 Å². The third-order valence-corrected chi connectivity index (χ3v) is 3.00. The summed E-state index contributed by atoms with van der Waals surface area (Å²) in [5.74, 6) is -0.182. The first kappa shape index (κ1) is 14.5. The summed E-state index contributed by atoms with van der Waals surface area (Å²) in [6, 6.07) is 5.12. The van der Waals surface area contributed by atoms with E-state index >= 15 is 0 Å². The second kappa shape index (κ2) is 6.40. The van der Waals surface area contributed by atoms with E-state index in [2.05, 4.69) is 5.32 Å². The van der Waals surface area contributed by atoms with E-state index in [0.717, 1.165) is 12.0 Å². The van der Waals surface area contributed by atoms with Crippen molar-refractivity contribution in [3.8, 4) is 0 Å². The Morgan fingerprint density at radius 1 is 1.56 bits per heavy atom. The summed E-state index contributed by atoms with van der Waals surface area (Å²) in [6.45, 7) is 2.37. The van der Waals surface area contributed by atoms with Gasteiger partial charge in [0.15, 0.2) is 6.29 Å². The summed E-state index contributed by atoms with van der Waals surface area (Å²) >= 11 is 5.84. The molecule has 0 aliphatic carbocycles. The van der Waals surface area contributed by atoms with Crippen LogP contribution in [0.25, 0.3) is 0 Å². The Kier molecular flexibility index (Phi) is 5.16. The summed E-state index contributed by atoms with van der Waals surface area (Å²) in [4.78, 5) is 24.3. The average molecular weight is 269 g/mol. The van der Waals surface area contributed by atoms with Gasteiger partial charge in [0.25, 0.3) is 0 Å². The molecular formula is C13H17ClN2O2. The molecule has 0 saturated heterocycles. The third kappa shape index (κ3) is 3.47. The minimum atomic E-state index is -0.157. The number of benzene rings is 1. The van der Waals surface area contributed by atoms with Crippen LogP contribution in [0.15, 0.2) is 18.2 Å². The minimum absolute atomic E-state index is 0.0246. The Hall–Kier alpha value is -1.55. The van der Waals surface area contributed by atoms with Crippen LogP contribution in [0.5, 0.6) is 0 Å². The van der Waals surface area contributed by atoms with Crippen LogP contribution < -0.4 is 10.2 Å². The lowest BCUT2D eigenvalue weighted by Crippen LogP contribution is -2.34. The van der Waals surface area contributed by atoms with Gasteiger partial charge in [-0.3, -0.25) is 9.59 Å². The zero-order valence-corrected chi connectivity index (χ0v) is 11.5. The average Bonchev–Trinajstić information content (AvgIpc) is 2.37. The van der Waals surface area contributed by atoms with Crippen LogP contribution in [0.4, 0.5) is 5.69 Å². The second-order valence-electron chi connectivity index (χ2n) is 4.22. The number of nitrogens with zero attached hydrogens (tertiary/aromatic N) is 1. The molecule has 0 fully saturated rings. The van der Waals surface area contributed by atoms with Crippen LogP contribution in [-0.2, 0) is 4.79 Å². The van der Waals surface area contributed by atoms with Gasteiger partial charge in [-0.05, 0) is 18.2 Å². The van der Waals surface area contributed by atoms with Crippen LogP contribution in [0.1, 0.15) is 17.3 Å². The Balaban J connectivity index is 2.87. The van der Waals surface area contributed by atoms with E-state index in [1.54, 1.807) is 25.2 Å². The molecule has 1 rings (SSSR count). The first-order chi connectivity index (χ1) is 8.49. The fourth-order valence-corrected chi connectivity index (χ4v) is 1.99. The van der Waals surface area contributed by atoms with E-state index in [-0.39, 0.29) is 11.8 Å². The van der Waals surface area contributed by atoms with Crippen molar-refractivity contribution in [1.29, 1.82) is 0 Å². The van der Waals surface area contributed by atoms with Gasteiger partial charge in [-0.2, -0.15) is 0 Å². The zero-order chi connectivity index (χ0) is 13.7. The number of hydrogen-bond donors (Lipinski definition) is 1. The second-order valence-corrected chi connectivity index (χ2v) is 4.65. The summed E-state index contributed by atoms with van der Waals surface area (Å²) in [6.07, 6.45) is 0.766. The number of anilines is 1. The maximum Gasteiger partial charge on any atom is 0.224 e. The predicted molar refractivity (Wildman–Crippen MR) is 73.3 cm³/mol. The lowest BCUT2D eigenvalue weighted by molar-refractivity contribution is -0.123. The minimum Gasteiger partial charge on any atom is -0.373 e. The van der Waals surface area contributed by atoms with Gasteiger partial charge in [0, 0.05) is 36.9 Å². The van der Waals surface area contributed by atoms with E-state index in [9.17, 15) is 9.59 Å². The van der Waals surface area contributed by atoms with Crippen molar-refractivity contribution in [3.05, 3.63) is 28.8 Å². The molecule has 98 valence electrons. The molecule has 0 bridgehead atoms. The van der Waals surface area contributed by atoms with Crippen LogP contribution >= 0.6 is 11.6 Å². The smallest absolute Gasteiger partial charge is 0.224 e. The van der Waals surface area contributed by atoms with Crippen LogP contribution in [0.2, 0.25) is 5.02 Å². The molecule has 4 nitrogen and oxygen atoms in total. The van der Waals surface area contributed by atoms with Crippen molar-refractivity contribution in [2.45, 2.75) is 6.92 Å². The number of aldehydes is 1. The quantitative estimate of drug-likeness (QED) is 0.831. The molecule has 18 heavy (non-hydrogen) atoms. The Labute approximate surface area is 112 Å². The first-order valence-electron chi connectivity index (χ1n) is 5.67. The Morgan fingerprint density at radius 3 is 2.78 bits per heavy atom. The highest BCUT2D eigenvalue weighted by atomic mass is 35.5. The number of amides is 1. The highest BCUT2D eigenvalue weighted by molar-refractivity contribution is 6.31. The highest BCUT2D eigenvalue weighted by Gasteiger charge is 2.15. The van der Waals surface area contributed by atoms with Crippen LogP contribution in [-0.4, -0.2) is 32.8 Å². The molecular weight excluding hydrogens is 252 g/mol. The van der Waals surface area contributed by atoms with Gasteiger partial charge in [-0.15, -0.1) is 0 Å². The highest BCUT2D eigenvalue weighted by Crippen LogP contribution is 2.22. The topological polar surface area (TPSA) is 49.4 Å². The third-order valence-electron chi connectivity index (χ3n) is 2.77. The van der Waals surface area contributed by atoms with Gasteiger partial charge in [0.1, 0.15) is 0 Å². The Morgan fingerprint density at radius 2 is 2.22 bits per heavy atom. The SMILES string of the molecule is CNC(=O)C(C)CN(C)c1ccc(Cl)cc1C=O. The molecule has 0 aliphatic rings. The molecule has 0 radical (unpaired) electrons. The van der Waals surface area contributed by atoms with Gasteiger partial charge >= 0.3 is 0 Å². The van der Waals surface area contributed by atoms with Crippen LogP contribution in [0, 0.1) is 5.92 Å². The number of nitrogens with one attached hydrogen (secondary N) is 1. The van der Waals surface area contributed by atoms with Gasteiger partial charge in [0.2, 0.25) is 5.91 Å². The summed E-state index contributed by atoms with van der Waals surface area (Å²) in [5, 5.41) is 3.12. The summed E-state index contributed by atoms with van der Waals surface area (Å²) in [5.41, 5.74) is 1.29. The van der Waals surface area contributed by atoms with Crippen molar-refractivity contribution in [3.63, 3.8) is 0 Å². The standard InChI is InChI=1S/C13H17ClN2O2/c1-9(13(18)15-2)7-16(3)12-5-4-11(14)6-10(12)8-17/h4-6,8-9H,7H2,1-3H3,(H,15,18). The maximum absolute atomic E-state index is 11.5. The molecule has 1 amide bonds. The van der Waals surface area contributed by atoms with Gasteiger partial charge in [-0.1, -0.05) is 18.5 Å². The number of hydrogen-bond acceptors (Lipinski definition) is 3. The molecule has 1 unspecified atom stereocenters. The lowest BCUT2D eigenvalue weighted by Gasteiger charge is -2.24. The Bertz CT molecular complexity index is 449. The molecule has 1 aromatic carbocycles. The summed E-state index contributed by atoms with van der Waals surface area (Å²) in [7, 11) is 3.45. The fraction of sp³-hybridized carbons (Fsp3) is 0.385. The van der Waals surface area contributed by atoms with Crippen molar-refractivity contribution in [2.75, 3.05) is 25.5 Å². The molecule has 5 heteroatoms. The van der Waals surface area contributed by atoms with Crippen molar-refractivity contribution < 1.29 is 9.59 Å². The molecule has 1 aromatic rings. The molecule has 1 atom stereocenters. The van der Waals surface area contributed by atoms with Crippen molar-refractivity contribution in [1.82, 2.24) is 5.32 Å². The van der Waals surface area contributed by atoms with Crippen LogP contribution in [0.3, 0.4) is 0 Å². The first-order valence-corrected chi connectivity index (χ1v) is 6.04. The molecule has 0 aromatic heterocycles. The number of carbonyl (C=O) groups is 2. The molecule has 0 aliphatic heterocycles. The van der Waals surface area contributed by atoms with E-state index < -0.39 is 0 Å². The number of halogens is 1. The van der Waals surface area contributed by atoms with Crippen molar-refractivity contribution >= 4 is 29.5 Å². The van der Waals surface area contributed by atoms with Gasteiger partial charge < -0.3 is 10.2 Å². The molecule has 1 N–H and O–H groups in total. The predicted octanol–water partition coefficient (Wildman–Crippen LogP) is 1.97. The van der Waals surface area contributed by atoms with E-state index in [0.29, 0.717) is 17.1 Å². The molecule has 0 heterocycles.